The van der Waals surface area contributed by atoms with E-state index in [1.54, 1.807) is 12.1 Å². The minimum atomic E-state index is 0.369. The van der Waals surface area contributed by atoms with Gasteiger partial charge in [-0.2, -0.15) is 0 Å². The first-order chi connectivity index (χ1) is 10.1. The van der Waals surface area contributed by atoms with Crippen LogP contribution in [0.4, 0.5) is 5.69 Å². The predicted octanol–water partition coefficient (Wildman–Crippen LogP) is 6.77. The van der Waals surface area contributed by atoms with Gasteiger partial charge >= 0.3 is 0 Å². The van der Waals surface area contributed by atoms with Gasteiger partial charge in [0, 0.05) is 22.0 Å². The van der Waals surface area contributed by atoms with Gasteiger partial charge < -0.3 is 9.73 Å². The first-order valence-electron chi connectivity index (χ1n) is 6.10. The van der Waals surface area contributed by atoms with Crippen molar-refractivity contribution in [1.29, 1.82) is 0 Å². The fraction of sp³-hybridized carbons (Fsp3) is 0.0667. The summed E-state index contributed by atoms with van der Waals surface area (Å²) in [6.45, 7) is 0.469. The van der Waals surface area contributed by atoms with Crippen molar-refractivity contribution >= 4 is 67.4 Å². The van der Waals surface area contributed by atoms with Gasteiger partial charge in [0.2, 0.25) is 0 Å². The van der Waals surface area contributed by atoms with Gasteiger partial charge in [-0.15, -0.1) is 0 Å². The van der Waals surface area contributed by atoms with Crippen LogP contribution in [0.25, 0.3) is 11.0 Å². The lowest BCUT2D eigenvalue weighted by molar-refractivity contribution is 0.613. The number of halogens is 4. The van der Waals surface area contributed by atoms with E-state index in [2.05, 4.69) is 21.2 Å². The Morgan fingerprint density at radius 3 is 2.43 bits per heavy atom. The SMILES string of the molecule is Clc1cc(Br)cc(Cl)c1NCc1c(Cl)oc2ccccc12. The monoisotopic (exact) mass is 403 g/mol. The summed E-state index contributed by atoms with van der Waals surface area (Å²) in [5.41, 5.74) is 2.30. The van der Waals surface area contributed by atoms with Crippen LogP contribution in [0.2, 0.25) is 15.3 Å². The first kappa shape index (κ1) is 15.0. The molecule has 0 saturated heterocycles. The Hall–Kier alpha value is -0.870. The molecule has 0 amide bonds. The van der Waals surface area contributed by atoms with Crippen LogP contribution in [0.5, 0.6) is 0 Å². The second kappa shape index (κ2) is 6.09. The molecule has 21 heavy (non-hydrogen) atoms. The van der Waals surface area contributed by atoms with E-state index < -0.39 is 0 Å². The zero-order valence-corrected chi connectivity index (χ0v) is 14.4. The van der Waals surface area contributed by atoms with Crippen molar-refractivity contribution in [3.05, 3.63) is 61.7 Å². The smallest absolute Gasteiger partial charge is 0.199 e. The lowest BCUT2D eigenvalue weighted by atomic mass is 10.2. The van der Waals surface area contributed by atoms with E-state index in [0.717, 1.165) is 21.0 Å². The van der Waals surface area contributed by atoms with Crippen LogP contribution in [-0.4, -0.2) is 0 Å². The average molecular weight is 406 g/mol. The maximum absolute atomic E-state index is 6.20. The maximum Gasteiger partial charge on any atom is 0.199 e. The van der Waals surface area contributed by atoms with E-state index in [9.17, 15) is 0 Å². The number of hydrogen-bond acceptors (Lipinski definition) is 2. The standard InChI is InChI=1S/C15H9BrCl3NO/c16-8-5-11(17)14(12(18)6-8)20-7-10-9-3-1-2-4-13(9)21-15(10)19/h1-6,20H,7H2. The number of para-hydroxylation sites is 1. The molecule has 0 spiro atoms. The Morgan fingerprint density at radius 2 is 1.71 bits per heavy atom. The number of furan rings is 1. The Bertz CT molecular complexity index is 793. The highest BCUT2D eigenvalue weighted by atomic mass is 79.9. The second-order valence-electron chi connectivity index (χ2n) is 4.45. The Labute approximate surface area is 145 Å². The van der Waals surface area contributed by atoms with Gasteiger partial charge in [0.1, 0.15) is 5.58 Å². The average Bonchev–Trinajstić information content (AvgIpc) is 2.73. The summed E-state index contributed by atoms with van der Waals surface area (Å²) >= 11 is 21.9. The third kappa shape index (κ3) is 3.02. The quantitative estimate of drug-likeness (QED) is 0.520. The molecule has 2 nitrogen and oxygen atoms in total. The highest BCUT2D eigenvalue weighted by molar-refractivity contribution is 9.10. The molecule has 3 aromatic rings. The Balaban J connectivity index is 1.92. The van der Waals surface area contributed by atoms with E-state index in [4.69, 9.17) is 39.2 Å². The van der Waals surface area contributed by atoms with Gasteiger partial charge in [-0.25, -0.2) is 0 Å². The van der Waals surface area contributed by atoms with E-state index in [0.29, 0.717) is 27.5 Å². The molecule has 0 aliphatic heterocycles. The lowest BCUT2D eigenvalue weighted by Gasteiger charge is -2.10. The van der Waals surface area contributed by atoms with Gasteiger partial charge in [0.25, 0.3) is 0 Å². The fourth-order valence-corrected chi connectivity index (χ4v) is 3.72. The number of nitrogens with one attached hydrogen (secondary N) is 1. The molecule has 0 unspecified atom stereocenters. The largest absolute Gasteiger partial charge is 0.444 e. The van der Waals surface area contributed by atoms with Gasteiger partial charge in [0.15, 0.2) is 5.22 Å². The zero-order chi connectivity index (χ0) is 15.0. The third-order valence-corrected chi connectivity index (χ3v) is 4.46. The number of anilines is 1. The van der Waals surface area contributed by atoms with Gasteiger partial charge in [-0.05, 0) is 29.8 Å². The van der Waals surface area contributed by atoms with Crippen LogP contribution in [-0.2, 0) is 6.54 Å². The molecule has 0 bridgehead atoms. The Morgan fingerprint density at radius 1 is 1.05 bits per heavy atom. The van der Waals surface area contributed by atoms with Crippen LogP contribution < -0.4 is 5.32 Å². The van der Waals surface area contributed by atoms with Crippen molar-refractivity contribution < 1.29 is 4.42 Å². The summed E-state index contributed by atoms with van der Waals surface area (Å²) in [6.07, 6.45) is 0. The first-order valence-corrected chi connectivity index (χ1v) is 8.03. The summed E-state index contributed by atoms with van der Waals surface area (Å²) in [5, 5.41) is 5.64. The Kier molecular flexibility index (Phi) is 4.36. The van der Waals surface area contributed by atoms with E-state index in [1.165, 1.54) is 0 Å². The number of benzene rings is 2. The minimum Gasteiger partial charge on any atom is -0.444 e. The van der Waals surface area contributed by atoms with Crippen molar-refractivity contribution in [1.82, 2.24) is 0 Å². The molecule has 3 rings (SSSR count). The third-order valence-electron chi connectivity index (χ3n) is 3.10. The molecule has 0 atom stereocenters. The molecule has 0 aliphatic rings. The molecule has 1 N–H and O–H groups in total. The molecule has 0 aliphatic carbocycles. The molecule has 6 heteroatoms. The molecule has 0 fully saturated rings. The number of fused-ring (bicyclic) bond motifs is 1. The molecular formula is C15H9BrCl3NO. The highest BCUT2D eigenvalue weighted by Crippen LogP contribution is 2.35. The molecule has 1 heterocycles. The molecule has 108 valence electrons. The minimum absolute atomic E-state index is 0.369. The predicted molar refractivity (Wildman–Crippen MR) is 92.7 cm³/mol. The summed E-state index contributed by atoms with van der Waals surface area (Å²) < 4.78 is 6.35. The normalized spacial score (nSPS) is 11.0. The molecule has 1 aromatic heterocycles. The number of rotatable bonds is 3. The highest BCUT2D eigenvalue weighted by Gasteiger charge is 2.13. The van der Waals surface area contributed by atoms with Crippen molar-refractivity contribution in [2.45, 2.75) is 6.54 Å². The van der Waals surface area contributed by atoms with Crippen LogP contribution >= 0.6 is 50.7 Å². The fourth-order valence-electron chi connectivity index (χ4n) is 2.12. The number of hydrogen-bond donors (Lipinski definition) is 1. The van der Waals surface area contributed by atoms with Crippen LogP contribution in [0.1, 0.15) is 5.56 Å². The van der Waals surface area contributed by atoms with Gasteiger partial charge in [-0.3, -0.25) is 0 Å². The zero-order valence-electron chi connectivity index (χ0n) is 10.6. The molecule has 2 aromatic carbocycles. The lowest BCUT2D eigenvalue weighted by Crippen LogP contribution is -2.00. The van der Waals surface area contributed by atoms with Crippen molar-refractivity contribution in [3.8, 4) is 0 Å². The molecular weight excluding hydrogens is 396 g/mol. The maximum atomic E-state index is 6.20. The van der Waals surface area contributed by atoms with Crippen LogP contribution in [0.3, 0.4) is 0 Å². The van der Waals surface area contributed by atoms with Crippen molar-refractivity contribution in [2.24, 2.45) is 0 Å². The topological polar surface area (TPSA) is 25.2 Å². The van der Waals surface area contributed by atoms with E-state index in [-0.39, 0.29) is 0 Å². The van der Waals surface area contributed by atoms with E-state index in [1.807, 2.05) is 24.3 Å². The molecule has 0 saturated carbocycles. The van der Waals surface area contributed by atoms with E-state index >= 15 is 0 Å². The van der Waals surface area contributed by atoms with Crippen LogP contribution in [0, 0.1) is 0 Å². The van der Waals surface area contributed by atoms with Crippen molar-refractivity contribution in [2.75, 3.05) is 5.32 Å². The van der Waals surface area contributed by atoms with Crippen molar-refractivity contribution in [3.63, 3.8) is 0 Å². The van der Waals surface area contributed by atoms with Crippen LogP contribution in [0.15, 0.2) is 45.3 Å². The summed E-state index contributed by atoms with van der Waals surface area (Å²) in [6, 6.07) is 11.3. The summed E-state index contributed by atoms with van der Waals surface area (Å²) in [5.74, 6) is 0. The van der Waals surface area contributed by atoms with Gasteiger partial charge in [0.05, 0.1) is 15.7 Å². The molecule has 0 radical (unpaired) electrons. The summed E-state index contributed by atoms with van der Waals surface area (Å²) in [4.78, 5) is 0. The van der Waals surface area contributed by atoms with Gasteiger partial charge in [-0.1, -0.05) is 57.3 Å². The second-order valence-corrected chi connectivity index (χ2v) is 6.52. The summed E-state index contributed by atoms with van der Waals surface area (Å²) in [7, 11) is 0.